The van der Waals surface area contributed by atoms with Crippen molar-refractivity contribution >= 4 is 17.5 Å². The fraction of sp³-hybridized carbons (Fsp3) is 0.567. The number of benzene rings is 1. The molecule has 5 rings (SSSR count). The summed E-state index contributed by atoms with van der Waals surface area (Å²) in [6.45, 7) is 4.45. The molecule has 1 saturated carbocycles. The first-order valence-corrected chi connectivity index (χ1v) is 13.9. The van der Waals surface area contributed by atoms with Gasteiger partial charge >= 0.3 is 5.97 Å². The predicted octanol–water partition coefficient (Wildman–Crippen LogP) is 4.87. The molecule has 0 saturated heterocycles. The molecule has 198 valence electrons. The van der Waals surface area contributed by atoms with Crippen molar-refractivity contribution in [1.82, 2.24) is 4.98 Å². The molecule has 1 aromatic heterocycles. The number of hydrogen-bond donors (Lipinski definition) is 2. The van der Waals surface area contributed by atoms with Crippen LogP contribution in [0.3, 0.4) is 0 Å². The van der Waals surface area contributed by atoms with E-state index in [-0.39, 0.29) is 12.2 Å². The van der Waals surface area contributed by atoms with Gasteiger partial charge < -0.3 is 19.9 Å². The van der Waals surface area contributed by atoms with Crippen molar-refractivity contribution in [3.05, 3.63) is 58.3 Å². The third-order valence-corrected chi connectivity index (χ3v) is 8.14. The molecule has 1 fully saturated rings. The van der Waals surface area contributed by atoms with Gasteiger partial charge in [-0.3, -0.25) is 0 Å². The van der Waals surface area contributed by atoms with Crippen molar-refractivity contribution < 1.29 is 24.0 Å². The highest BCUT2D eigenvalue weighted by molar-refractivity contribution is 5.84. The number of ether oxygens (including phenoxy) is 2. The molecule has 7 nitrogen and oxygen atoms in total. The van der Waals surface area contributed by atoms with Crippen LogP contribution in [0.5, 0.6) is 0 Å². The molecule has 2 aromatic rings. The fourth-order valence-electron chi connectivity index (χ4n) is 6.13. The maximum absolute atomic E-state index is 12.5. The van der Waals surface area contributed by atoms with Crippen LogP contribution >= 0.6 is 0 Å². The number of aliphatic carboxylic acids is 1. The summed E-state index contributed by atoms with van der Waals surface area (Å²) in [4.78, 5) is 17.3. The van der Waals surface area contributed by atoms with Gasteiger partial charge in [-0.1, -0.05) is 24.3 Å². The van der Waals surface area contributed by atoms with Crippen LogP contribution in [0.1, 0.15) is 85.5 Å². The Balaban J connectivity index is 1.15. The normalized spacial score (nSPS) is 23.1. The van der Waals surface area contributed by atoms with Crippen molar-refractivity contribution in [2.24, 2.45) is 0 Å². The lowest BCUT2D eigenvalue weighted by atomic mass is 9.89. The SMILES string of the molecule is C[C@@H]1OCCc2cccc([C@@H](C(=O)O)[N+](C)=C3CC[C@H](OCCCCc4ccc5c(n4)NCCC5)C3)c21. The van der Waals surface area contributed by atoms with E-state index in [0.717, 1.165) is 92.9 Å². The lowest BCUT2D eigenvalue weighted by Crippen LogP contribution is -2.30. The number of anilines is 1. The molecule has 3 aliphatic rings. The Hall–Kier alpha value is -2.77. The summed E-state index contributed by atoms with van der Waals surface area (Å²) in [6, 6.07) is 9.70. The van der Waals surface area contributed by atoms with Crippen LogP contribution in [0.25, 0.3) is 0 Å². The second-order valence-electron chi connectivity index (χ2n) is 10.6. The number of unbranched alkanes of at least 4 members (excludes halogenated alkanes) is 1. The number of likely N-dealkylation sites (N-methyl/N-ethyl adjacent to an activating group) is 1. The average Bonchev–Trinajstić information content (AvgIpc) is 3.37. The average molecular weight is 507 g/mol. The van der Waals surface area contributed by atoms with Gasteiger partial charge in [0.15, 0.2) is 5.71 Å². The summed E-state index contributed by atoms with van der Waals surface area (Å²) < 4.78 is 14.1. The Morgan fingerprint density at radius 1 is 1.22 bits per heavy atom. The molecule has 0 amide bonds. The number of pyridine rings is 1. The van der Waals surface area contributed by atoms with E-state index in [4.69, 9.17) is 14.5 Å². The number of hydrogen-bond acceptors (Lipinski definition) is 5. The lowest BCUT2D eigenvalue weighted by molar-refractivity contribution is -0.534. The Bertz CT molecular complexity index is 1160. The van der Waals surface area contributed by atoms with Crippen LogP contribution in [-0.2, 0) is 33.5 Å². The van der Waals surface area contributed by atoms with E-state index in [0.29, 0.717) is 6.61 Å². The summed E-state index contributed by atoms with van der Waals surface area (Å²) >= 11 is 0. The van der Waals surface area contributed by atoms with Crippen molar-refractivity contribution in [3.8, 4) is 0 Å². The van der Waals surface area contributed by atoms with Crippen LogP contribution in [0.2, 0.25) is 0 Å². The molecule has 7 heteroatoms. The number of carboxylic acids is 1. The van der Waals surface area contributed by atoms with E-state index in [1.165, 1.54) is 17.5 Å². The topological polar surface area (TPSA) is 83.7 Å². The third kappa shape index (κ3) is 5.88. The van der Waals surface area contributed by atoms with Crippen LogP contribution < -0.4 is 5.32 Å². The number of fused-ring (bicyclic) bond motifs is 2. The number of nitrogens with zero attached hydrogens (tertiary/aromatic N) is 2. The smallest absolute Gasteiger partial charge is 0.378 e. The van der Waals surface area contributed by atoms with Crippen LogP contribution in [0.4, 0.5) is 5.82 Å². The maximum Gasteiger partial charge on any atom is 0.378 e. The van der Waals surface area contributed by atoms with E-state index in [2.05, 4.69) is 23.5 Å². The number of aryl methyl sites for hydroxylation is 2. The number of aromatic nitrogens is 1. The molecule has 0 bridgehead atoms. The summed E-state index contributed by atoms with van der Waals surface area (Å²) in [6.07, 6.45) is 8.82. The zero-order valence-electron chi connectivity index (χ0n) is 22.2. The number of carbonyl (C=O) groups is 1. The minimum atomic E-state index is -0.823. The van der Waals surface area contributed by atoms with Gasteiger partial charge in [-0.15, -0.1) is 0 Å². The highest BCUT2D eigenvalue weighted by Crippen LogP contribution is 2.35. The fourth-order valence-corrected chi connectivity index (χ4v) is 6.13. The molecule has 3 heterocycles. The highest BCUT2D eigenvalue weighted by Gasteiger charge is 2.38. The van der Waals surface area contributed by atoms with Crippen LogP contribution in [0.15, 0.2) is 30.3 Å². The molecule has 37 heavy (non-hydrogen) atoms. The molecule has 2 N–H and O–H groups in total. The zero-order valence-corrected chi connectivity index (χ0v) is 22.2. The van der Waals surface area contributed by atoms with E-state index < -0.39 is 12.0 Å². The first-order chi connectivity index (χ1) is 18.0. The Morgan fingerprint density at radius 2 is 2.11 bits per heavy atom. The second kappa shape index (κ2) is 11.7. The van der Waals surface area contributed by atoms with Gasteiger partial charge in [0.2, 0.25) is 0 Å². The summed E-state index contributed by atoms with van der Waals surface area (Å²) in [5, 5.41) is 13.6. The van der Waals surface area contributed by atoms with Crippen molar-refractivity contribution in [3.63, 3.8) is 0 Å². The lowest BCUT2D eigenvalue weighted by Gasteiger charge is -2.27. The van der Waals surface area contributed by atoms with Crippen molar-refractivity contribution in [1.29, 1.82) is 0 Å². The Kier molecular flexibility index (Phi) is 8.20. The summed E-state index contributed by atoms with van der Waals surface area (Å²) in [5.74, 6) is 0.243. The van der Waals surface area contributed by atoms with Gasteiger partial charge in [0, 0.05) is 30.8 Å². The Labute approximate surface area is 219 Å². The minimum Gasteiger partial charge on any atom is -0.476 e. The number of carboxylic acid groups (broad SMARTS) is 1. The van der Waals surface area contributed by atoms with E-state index >= 15 is 0 Å². The Morgan fingerprint density at radius 3 is 2.97 bits per heavy atom. The standard InChI is InChI=1S/C30H39N3O4/c1-20-27-21(15-18-36-20)7-5-10-26(27)28(30(34)35)33(2)24-13-14-25(19-24)37-17-4-3-9-23-12-11-22-8-6-16-31-29(22)32-23/h5,7,10-12,20,25,28H,3-4,6,8-9,13-19H2,1-2H3,(H-,31,32,34,35)/p+1/t20-,25-,28-/m0/s1. The largest absolute Gasteiger partial charge is 0.476 e. The van der Waals surface area contributed by atoms with Crippen LogP contribution in [0, 0.1) is 0 Å². The quantitative estimate of drug-likeness (QED) is 0.373. The summed E-state index contributed by atoms with van der Waals surface area (Å²) in [5.41, 5.74) is 6.73. The molecular weight excluding hydrogens is 466 g/mol. The second-order valence-corrected chi connectivity index (χ2v) is 10.6. The minimum absolute atomic E-state index is 0.0902. The number of rotatable bonds is 9. The third-order valence-electron chi connectivity index (χ3n) is 8.14. The molecule has 0 radical (unpaired) electrons. The van der Waals surface area contributed by atoms with Gasteiger partial charge in [-0.2, -0.15) is 0 Å². The van der Waals surface area contributed by atoms with Crippen molar-refractivity contribution in [2.75, 3.05) is 32.1 Å². The molecule has 0 spiro atoms. The first-order valence-electron chi connectivity index (χ1n) is 13.9. The molecule has 3 atom stereocenters. The molecule has 0 unspecified atom stereocenters. The van der Waals surface area contributed by atoms with Crippen LogP contribution in [-0.4, -0.2) is 59.3 Å². The molecule has 1 aromatic carbocycles. The summed E-state index contributed by atoms with van der Waals surface area (Å²) in [7, 11) is 1.92. The van der Waals surface area contributed by atoms with Crippen molar-refractivity contribution in [2.45, 2.75) is 83.0 Å². The van der Waals surface area contributed by atoms with Gasteiger partial charge in [0.05, 0.1) is 25.2 Å². The van der Waals surface area contributed by atoms with E-state index in [9.17, 15) is 9.90 Å². The van der Waals surface area contributed by atoms with E-state index in [1.54, 1.807) is 0 Å². The van der Waals surface area contributed by atoms with Gasteiger partial charge in [-0.05, 0) is 74.6 Å². The monoisotopic (exact) mass is 506 g/mol. The molecule has 2 aliphatic heterocycles. The van der Waals surface area contributed by atoms with E-state index in [1.807, 2.05) is 30.7 Å². The van der Waals surface area contributed by atoms with Gasteiger partial charge in [-0.25, -0.2) is 14.4 Å². The first kappa shape index (κ1) is 25.9. The van der Waals surface area contributed by atoms with Gasteiger partial charge in [0.1, 0.15) is 12.9 Å². The highest BCUT2D eigenvalue weighted by atomic mass is 16.5. The zero-order chi connectivity index (χ0) is 25.8. The van der Waals surface area contributed by atoms with Gasteiger partial charge in [0.25, 0.3) is 6.04 Å². The molecule has 1 aliphatic carbocycles. The maximum atomic E-state index is 12.5. The number of nitrogens with one attached hydrogen (secondary N) is 1. The predicted molar refractivity (Wildman–Crippen MR) is 144 cm³/mol. The molecular formula is C30H40N3O4+.